The minimum absolute atomic E-state index is 0.384. The lowest BCUT2D eigenvalue weighted by Crippen LogP contribution is -2.27. The highest BCUT2D eigenvalue weighted by Crippen LogP contribution is 2.14. The van der Waals surface area contributed by atoms with Crippen LogP contribution in [0.4, 0.5) is 0 Å². The fraction of sp³-hybridized carbons (Fsp3) is 0.111. The van der Waals surface area contributed by atoms with Gasteiger partial charge in [-0.25, -0.2) is 4.21 Å². The molecule has 1 unspecified atom stereocenters. The Labute approximate surface area is 88.2 Å². The Balaban J connectivity index is 3.11. The first kappa shape index (κ1) is 11.1. The molecule has 0 saturated heterocycles. The fourth-order valence-electron chi connectivity index (χ4n) is 0.963. The standard InChI is InChI=1S/C9H10ClNO2S/c1-7(12)11-14(2,13)9-5-3-4-8(10)6-9/h3-6H,2H2,1H3,(H,11,12,13). The molecule has 14 heavy (non-hydrogen) atoms. The molecule has 1 rings (SSSR count). The predicted molar refractivity (Wildman–Crippen MR) is 58.8 cm³/mol. The van der Waals surface area contributed by atoms with Crippen molar-refractivity contribution in [1.82, 2.24) is 4.72 Å². The van der Waals surface area contributed by atoms with Crippen molar-refractivity contribution in [3.63, 3.8) is 0 Å². The highest BCUT2D eigenvalue weighted by Gasteiger charge is 2.08. The molecule has 0 aromatic heterocycles. The van der Waals surface area contributed by atoms with Crippen molar-refractivity contribution in [3.05, 3.63) is 29.3 Å². The number of carbonyl (C=O) groups excluding carboxylic acids is 1. The predicted octanol–water partition coefficient (Wildman–Crippen LogP) is 1.47. The summed E-state index contributed by atoms with van der Waals surface area (Å²) in [5.41, 5.74) is 0. The van der Waals surface area contributed by atoms with Gasteiger partial charge in [-0.1, -0.05) is 17.7 Å². The van der Waals surface area contributed by atoms with Crippen LogP contribution in [0.2, 0.25) is 5.02 Å². The normalized spacial score (nSPS) is 14.4. The molecule has 0 saturated carbocycles. The Hall–Kier alpha value is -1.00. The number of hydrogen-bond donors (Lipinski definition) is 1. The molecular weight excluding hydrogens is 222 g/mol. The van der Waals surface area contributed by atoms with E-state index in [1.54, 1.807) is 18.2 Å². The van der Waals surface area contributed by atoms with Gasteiger partial charge in [-0.3, -0.25) is 9.52 Å². The minimum Gasteiger partial charge on any atom is -0.280 e. The quantitative estimate of drug-likeness (QED) is 0.784. The molecule has 0 fully saturated rings. The zero-order valence-corrected chi connectivity index (χ0v) is 9.19. The summed E-state index contributed by atoms with van der Waals surface area (Å²) in [4.78, 5) is 11.2. The monoisotopic (exact) mass is 231 g/mol. The van der Waals surface area contributed by atoms with Gasteiger partial charge in [-0.2, -0.15) is 0 Å². The molecule has 1 aromatic carbocycles. The van der Waals surface area contributed by atoms with Gasteiger partial charge in [0.1, 0.15) is 0 Å². The van der Waals surface area contributed by atoms with Crippen molar-refractivity contribution in [1.29, 1.82) is 0 Å². The highest BCUT2D eigenvalue weighted by atomic mass is 35.5. The van der Waals surface area contributed by atoms with Crippen LogP contribution < -0.4 is 4.72 Å². The molecule has 1 N–H and O–H groups in total. The van der Waals surface area contributed by atoms with E-state index in [0.717, 1.165) is 0 Å². The summed E-state index contributed by atoms with van der Waals surface area (Å²) in [6.45, 7) is 1.29. The van der Waals surface area contributed by atoms with Gasteiger partial charge in [0, 0.05) is 11.9 Å². The summed E-state index contributed by atoms with van der Waals surface area (Å²) in [5.74, 6) is 3.07. The summed E-state index contributed by atoms with van der Waals surface area (Å²) in [7, 11) is -2.77. The lowest BCUT2D eigenvalue weighted by atomic mass is 10.4. The van der Waals surface area contributed by atoms with Crippen molar-refractivity contribution >= 4 is 33.1 Å². The van der Waals surface area contributed by atoms with Gasteiger partial charge in [0.25, 0.3) is 0 Å². The maximum Gasteiger partial charge on any atom is 0.228 e. The first-order chi connectivity index (χ1) is 6.42. The van der Waals surface area contributed by atoms with Crippen LogP contribution in [0.5, 0.6) is 0 Å². The third-order valence-electron chi connectivity index (χ3n) is 1.49. The molecule has 1 atom stereocenters. The number of rotatable bonds is 2. The number of halogens is 1. The highest BCUT2D eigenvalue weighted by molar-refractivity contribution is 7.99. The van der Waals surface area contributed by atoms with Crippen molar-refractivity contribution < 1.29 is 9.00 Å². The molecule has 0 spiro atoms. The van der Waals surface area contributed by atoms with Crippen molar-refractivity contribution in [2.24, 2.45) is 0 Å². The molecule has 76 valence electrons. The second-order valence-electron chi connectivity index (χ2n) is 2.79. The molecular formula is C9H10ClNO2S. The lowest BCUT2D eigenvalue weighted by Gasteiger charge is -2.09. The molecule has 0 aliphatic heterocycles. The summed E-state index contributed by atoms with van der Waals surface area (Å²) in [6.07, 6.45) is 0. The van der Waals surface area contributed by atoms with Crippen LogP contribution >= 0.6 is 11.6 Å². The van der Waals surface area contributed by atoms with Gasteiger partial charge in [0.2, 0.25) is 5.91 Å². The van der Waals surface area contributed by atoms with Gasteiger partial charge in [-0.05, 0) is 24.1 Å². The molecule has 0 bridgehead atoms. The maximum atomic E-state index is 11.8. The number of amides is 1. The molecule has 0 aliphatic rings. The summed E-state index contributed by atoms with van der Waals surface area (Å²) in [6, 6.07) is 6.45. The SMILES string of the molecule is C=S(=O)(NC(C)=O)c1cccc(Cl)c1. The van der Waals surface area contributed by atoms with E-state index in [-0.39, 0.29) is 5.91 Å². The Morgan fingerprint density at radius 3 is 2.71 bits per heavy atom. The average molecular weight is 232 g/mol. The lowest BCUT2D eigenvalue weighted by molar-refractivity contribution is -0.117. The molecule has 1 amide bonds. The number of hydrogen-bond acceptors (Lipinski definition) is 2. The molecule has 0 heterocycles. The van der Waals surface area contributed by atoms with Gasteiger partial charge >= 0.3 is 0 Å². The van der Waals surface area contributed by atoms with Crippen LogP contribution in [0.15, 0.2) is 29.2 Å². The van der Waals surface area contributed by atoms with Crippen molar-refractivity contribution in [2.45, 2.75) is 11.8 Å². The molecule has 0 aliphatic carbocycles. The Kier molecular flexibility index (Phi) is 3.18. The largest absolute Gasteiger partial charge is 0.280 e. The van der Waals surface area contributed by atoms with Crippen LogP contribution in [-0.4, -0.2) is 16.0 Å². The van der Waals surface area contributed by atoms with E-state index in [1.165, 1.54) is 13.0 Å². The minimum atomic E-state index is -2.77. The van der Waals surface area contributed by atoms with Crippen LogP contribution in [0.3, 0.4) is 0 Å². The van der Waals surface area contributed by atoms with Crippen LogP contribution in [0, 0.1) is 0 Å². The Bertz CT molecular complexity index is 454. The molecule has 0 radical (unpaired) electrons. The summed E-state index contributed by atoms with van der Waals surface area (Å²) in [5, 5.41) is 0.462. The first-order valence-electron chi connectivity index (χ1n) is 3.83. The number of benzene rings is 1. The van der Waals surface area contributed by atoms with Crippen LogP contribution in [-0.2, 0) is 14.5 Å². The van der Waals surface area contributed by atoms with Crippen molar-refractivity contribution in [3.8, 4) is 0 Å². The second-order valence-corrected chi connectivity index (χ2v) is 5.25. The first-order valence-corrected chi connectivity index (χ1v) is 5.93. The maximum absolute atomic E-state index is 11.8. The molecule has 3 nitrogen and oxygen atoms in total. The Morgan fingerprint density at radius 1 is 1.57 bits per heavy atom. The average Bonchev–Trinajstić information content (AvgIpc) is 2.01. The van der Waals surface area contributed by atoms with E-state index < -0.39 is 9.71 Å². The molecule has 5 heteroatoms. The number of carbonyl (C=O) groups is 1. The van der Waals surface area contributed by atoms with Crippen LogP contribution in [0.1, 0.15) is 6.92 Å². The molecule has 1 aromatic rings. The number of nitrogens with one attached hydrogen (secondary N) is 1. The van der Waals surface area contributed by atoms with E-state index in [9.17, 15) is 9.00 Å². The van der Waals surface area contributed by atoms with Crippen molar-refractivity contribution in [2.75, 3.05) is 0 Å². The summed E-state index contributed by atoms with van der Waals surface area (Å²) >= 11 is 5.72. The van der Waals surface area contributed by atoms with E-state index in [1.807, 2.05) is 0 Å². The van der Waals surface area contributed by atoms with E-state index in [0.29, 0.717) is 9.92 Å². The third kappa shape index (κ3) is 2.75. The smallest absolute Gasteiger partial charge is 0.228 e. The van der Waals surface area contributed by atoms with E-state index in [2.05, 4.69) is 10.6 Å². The Morgan fingerprint density at radius 2 is 2.21 bits per heavy atom. The van der Waals surface area contributed by atoms with Gasteiger partial charge in [0.05, 0.1) is 14.6 Å². The van der Waals surface area contributed by atoms with Gasteiger partial charge in [-0.15, -0.1) is 0 Å². The van der Waals surface area contributed by atoms with Gasteiger partial charge in [0.15, 0.2) is 0 Å². The topological polar surface area (TPSA) is 46.2 Å². The zero-order chi connectivity index (χ0) is 10.8. The van der Waals surface area contributed by atoms with Gasteiger partial charge < -0.3 is 0 Å². The summed E-state index contributed by atoms with van der Waals surface area (Å²) < 4.78 is 14.1. The van der Waals surface area contributed by atoms with E-state index >= 15 is 0 Å². The third-order valence-corrected chi connectivity index (χ3v) is 3.35. The zero-order valence-electron chi connectivity index (χ0n) is 7.62. The van der Waals surface area contributed by atoms with Crippen LogP contribution in [0.25, 0.3) is 0 Å². The van der Waals surface area contributed by atoms with E-state index in [4.69, 9.17) is 11.6 Å². The second kappa shape index (κ2) is 4.02. The fourth-order valence-corrected chi connectivity index (χ4v) is 2.42.